The molecule has 2 rings (SSSR count). The van der Waals surface area contributed by atoms with E-state index < -0.39 is 0 Å². The lowest BCUT2D eigenvalue weighted by Gasteiger charge is -2.34. The zero-order chi connectivity index (χ0) is 14.7. The maximum atomic E-state index is 12.4. The third kappa shape index (κ3) is 3.42. The van der Waals surface area contributed by atoms with Crippen LogP contribution in [0.4, 0.5) is 5.69 Å². The van der Waals surface area contributed by atoms with Crippen LogP contribution in [-0.4, -0.2) is 42.2 Å². The summed E-state index contributed by atoms with van der Waals surface area (Å²) in [7, 11) is 1.77. The Hall–Kier alpha value is -1.75. The second-order valence-corrected chi connectivity index (χ2v) is 5.40. The van der Waals surface area contributed by atoms with E-state index in [-0.39, 0.29) is 12.0 Å². The molecule has 0 aliphatic heterocycles. The van der Waals surface area contributed by atoms with Crippen LogP contribution in [0.25, 0.3) is 0 Å². The number of anilines is 1. The van der Waals surface area contributed by atoms with Crippen molar-refractivity contribution in [2.45, 2.75) is 25.9 Å². The van der Waals surface area contributed by atoms with Gasteiger partial charge in [-0.2, -0.15) is 0 Å². The topological polar surface area (TPSA) is 75.8 Å². The first kappa shape index (κ1) is 14.7. The molecule has 1 aliphatic carbocycles. The van der Waals surface area contributed by atoms with Gasteiger partial charge >= 0.3 is 0 Å². The molecule has 0 atom stereocenters. The first-order valence-corrected chi connectivity index (χ1v) is 6.96. The van der Waals surface area contributed by atoms with Gasteiger partial charge < -0.3 is 20.5 Å². The third-order valence-corrected chi connectivity index (χ3v) is 3.58. The Labute approximate surface area is 119 Å². The number of carbonyl (C=O) groups excluding carboxylic acids is 1. The second-order valence-electron chi connectivity index (χ2n) is 5.40. The predicted octanol–water partition coefficient (Wildman–Crippen LogP) is 1.51. The molecule has 1 aromatic rings. The summed E-state index contributed by atoms with van der Waals surface area (Å²) in [5.74, 6) is 0.939. The lowest BCUT2D eigenvalue weighted by Crippen LogP contribution is -2.39. The van der Waals surface area contributed by atoms with Gasteiger partial charge in [-0.05, 0) is 37.8 Å². The van der Waals surface area contributed by atoms with Crippen LogP contribution in [0.3, 0.4) is 0 Å². The fraction of sp³-hybridized carbons (Fsp3) is 0.533. The maximum Gasteiger partial charge on any atom is 0.253 e. The molecule has 3 N–H and O–H groups in total. The van der Waals surface area contributed by atoms with Crippen molar-refractivity contribution in [3.05, 3.63) is 23.8 Å². The molecular weight excluding hydrogens is 256 g/mol. The van der Waals surface area contributed by atoms with E-state index in [1.54, 1.807) is 30.1 Å². The standard InChI is InChI=1S/C15H22N2O3/c1-3-20-14-7-11(6-12(16)8-14)15(19)17(2)9-10-4-13(18)5-10/h6-8,10,13,18H,3-5,9,16H2,1-2H3. The van der Waals surface area contributed by atoms with E-state index in [2.05, 4.69) is 0 Å². The van der Waals surface area contributed by atoms with E-state index in [0.717, 1.165) is 12.8 Å². The summed E-state index contributed by atoms with van der Waals surface area (Å²) in [4.78, 5) is 14.0. The summed E-state index contributed by atoms with van der Waals surface area (Å²) in [5.41, 5.74) is 6.86. The van der Waals surface area contributed by atoms with Gasteiger partial charge in [0.25, 0.3) is 5.91 Å². The monoisotopic (exact) mass is 278 g/mol. The van der Waals surface area contributed by atoms with Crippen molar-refractivity contribution in [3.63, 3.8) is 0 Å². The highest BCUT2D eigenvalue weighted by atomic mass is 16.5. The number of amides is 1. The molecule has 0 bridgehead atoms. The molecule has 20 heavy (non-hydrogen) atoms. The van der Waals surface area contributed by atoms with Gasteiger partial charge in [0.2, 0.25) is 0 Å². The van der Waals surface area contributed by atoms with Crippen LogP contribution in [0.5, 0.6) is 5.75 Å². The molecule has 5 heteroatoms. The highest BCUT2D eigenvalue weighted by molar-refractivity contribution is 5.95. The fourth-order valence-electron chi connectivity index (χ4n) is 2.54. The molecule has 1 amide bonds. The molecule has 0 saturated heterocycles. The van der Waals surface area contributed by atoms with E-state index in [1.807, 2.05) is 6.92 Å². The Morgan fingerprint density at radius 2 is 2.15 bits per heavy atom. The van der Waals surface area contributed by atoms with Crippen LogP contribution in [0, 0.1) is 5.92 Å². The van der Waals surface area contributed by atoms with Gasteiger partial charge in [0.1, 0.15) is 5.75 Å². The number of aliphatic hydroxyl groups excluding tert-OH is 1. The third-order valence-electron chi connectivity index (χ3n) is 3.58. The number of ether oxygens (including phenoxy) is 1. The van der Waals surface area contributed by atoms with Crippen LogP contribution in [0.15, 0.2) is 18.2 Å². The second kappa shape index (κ2) is 6.13. The minimum absolute atomic E-state index is 0.0698. The molecule has 0 radical (unpaired) electrons. The lowest BCUT2D eigenvalue weighted by atomic mass is 9.82. The smallest absolute Gasteiger partial charge is 0.253 e. The molecule has 1 fully saturated rings. The highest BCUT2D eigenvalue weighted by Crippen LogP contribution is 2.28. The van der Waals surface area contributed by atoms with Crippen molar-refractivity contribution in [1.29, 1.82) is 0 Å². The van der Waals surface area contributed by atoms with Crippen LogP contribution >= 0.6 is 0 Å². The van der Waals surface area contributed by atoms with Crippen LogP contribution in [-0.2, 0) is 0 Å². The summed E-state index contributed by atoms with van der Waals surface area (Å²) in [6.07, 6.45) is 1.36. The molecule has 0 spiro atoms. The Balaban J connectivity index is 2.03. The number of nitrogens with two attached hydrogens (primary N) is 1. The quantitative estimate of drug-likeness (QED) is 0.801. The molecule has 110 valence electrons. The van der Waals surface area contributed by atoms with Crippen LogP contribution in [0.2, 0.25) is 0 Å². The minimum Gasteiger partial charge on any atom is -0.494 e. The van der Waals surface area contributed by atoms with Crippen LogP contribution < -0.4 is 10.5 Å². The zero-order valence-electron chi connectivity index (χ0n) is 12.0. The average Bonchev–Trinajstić information content (AvgIpc) is 2.35. The molecular formula is C15H22N2O3. The summed E-state index contributed by atoms with van der Waals surface area (Å²) in [6, 6.07) is 5.09. The normalized spacial score (nSPS) is 21.1. The molecule has 1 aromatic carbocycles. The Morgan fingerprint density at radius 3 is 2.75 bits per heavy atom. The predicted molar refractivity (Wildman–Crippen MR) is 77.7 cm³/mol. The zero-order valence-corrected chi connectivity index (χ0v) is 12.0. The van der Waals surface area contributed by atoms with Crippen molar-refractivity contribution in [3.8, 4) is 5.75 Å². The number of nitrogens with zero attached hydrogens (tertiary/aromatic N) is 1. The van der Waals surface area contributed by atoms with E-state index in [9.17, 15) is 9.90 Å². The van der Waals surface area contributed by atoms with Gasteiger partial charge in [0, 0.05) is 30.9 Å². The number of benzene rings is 1. The fourth-order valence-corrected chi connectivity index (χ4v) is 2.54. The molecule has 1 saturated carbocycles. The molecule has 0 heterocycles. The Kier molecular flexibility index (Phi) is 4.49. The molecule has 5 nitrogen and oxygen atoms in total. The van der Waals surface area contributed by atoms with Gasteiger partial charge in [0.15, 0.2) is 0 Å². The Bertz CT molecular complexity index is 484. The molecule has 1 aliphatic rings. The van der Waals surface area contributed by atoms with Crippen molar-refractivity contribution in [2.75, 3.05) is 25.9 Å². The number of hydrogen-bond donors (Lipinski definition) is 2. The van der Waals surface area contributed by atoms with Crippen molar-refractivity contribution in [1.82, 2.24) is 4.90 Å². The maximum absolute atomic E-state index is 12.4. The average molecular weight is 278 g/mol. The lowest BCUT2D eigenvalue weighted by molar-refractivity contribution is 0.0265. The Morgan fingerprint density at radius 1 is 1.45 bits per heavy atom. The minimum atomic E-state index is -0.194. The van der Waals surface area contributed by atoms with Crippen molar-refractivity contribution in [2.24, 2.45) is 5.92 Å². The summed E-state index contributed by atoms with van der Waals surface area (Å²) >= 11 is 0. The number of carbonyl (C=O) groups is 1. The largest absolute Gasteiger partial charge is 0.494 e. The van der Waals surface area contributed by atoms with E-state index in [1.165, 1.54) is 0 Å². The van der Waals surface area contributed by atoms with Gasteiger partial charge in [-0.3, -0.25) is 4.79 Å². The van der Waals surface area contributed by atoms with Gasteiger partial charge in [-0.25, -0.2) is 0 Å². The van der Waals surface area contributed by atoms with Gasteiger partial charge in [0.05, 0.1) is 12.7 Å². The van der Waals surface area contributed by atoms with E-state index in [4.69, 9.17) is 10.5 Å². The van der Waals surface area contributed by atoms with E-state index >= 15 is 0 Å². The molecule has 0 unspecified atom stereocenters. The van der Waals surface area contributed by atoms with Crippen LogP contribution in [0.1, 0.15) is 30.1 Å². The van der Waals surface area contributed by atoms with Crippen molar-refractivity contribution < 1.29 is 14.6 Å². The number of aliphatic hydroxyl groups is 1. The van der Waals surface area contributed by atoms with Gasteiger partial charge in [-0.1, -0.05) is 0 Å². The van der Waals surface area contributed by atoms with Crippen molar-refractivity contribution >= 4 is 11.6 Å². The number of nitrogen functional groups attached to an aromatic ring is 1. The SMILES string of the molecule is CCOc1cc(N)cc(C(=O)N(C)CC2CC(O)C2)c1. The summed E-state index contributed by atoms with van der Waals surface area (Å²) in [6.45, 7) is 3.08. The van der Waals surface area contributed by atoms with Gasteiger partial charge in [-0.15, -0.1) is 0 Å². The molecule has 0 aromatic heterocycles. The number of rotatable bonds is 5. The number of hydrogen-bond acceptors (Lipinski definition) is 4. The first-order valence-electron chi connectivity index (χ1n) is 6.96. The highest BCUT2D eigenvalue weighted by Gasteiger charge is 2.29. The first-order chi connectivity index (χ1) is 9.49. The summed E-state index contributed by atoms with van der Waals surface area (Å²) in [5, 5.41) is 9.28. The summed E-state index contributed by atoms with van der Waals surface area (Å²) < 4.78 is 5.40. The van der Waals surface area contributed by atoms with E-state index in [0.29, 0.717) is 36.1 Å².